The third-order valence-corrected chi connectivity index (χ3v) is 6.49. The molecule has 2 aromatic rings. The summed E-state index contributed by atoms with van der Waals surface area (Å²) in [6, 6.07) is 15.4. The maximum atomic E-state index is 12.4. The summed E-state index contributed by atoms with van der Waals surface area (Å²) in [5.41, 5.74) is 4.98. The van der Waals surface area contributed by atoms with Gasteiger partial charge in [-0.3, -0.25) is 0 Å². The Hall–Kier alpha value is -2.49. The van der Waals surface area contributed by atoms with E-state index in [1.807, 2.05) is 4.90 Å². The lowest BCUT2D eigenvalue weighted by Crippen LogP contribution is -2.51. The van der Waals surface area contributed by atoms with Crippen molar-refractivity contribution in [2.24, 2.45) is 5.41 Å². The highest BCUT2D eigenvalue weighted by molar-refractivity contribution is 5.68. The Morgan fingerprint density at radius 2 is 1.71 bits per heavy atom. The fraction of sp³-hybridized carbons (Fsp3) is 0.519. The number of nitrogens with zero attached hydrogens (tertiary/aromatic N) is 1. The molecule has 4 rings (SSSR count). The minimum Gasteiger partial charge on any atom is -0.487 e. The summed E-state index contributed by atoms with van der Waals surface area (Å²) < 4.78 is 12.0. The molecule has 0 unspecified atom stereocenters. The zero-order valence-corrected chi connectivity index (χ0v) is 19.4. The number of benzene rings is 2. The third-order valence-electron chi connectivity index (χ3n) is 6.49. The number of rotatable bonds is 3. The quantitative estimate of drug-likeness (QED) is 0.587. The van der Waals surface area contributed by atoms with Gasteiger partial charge in [0.25, 0.3) is 0 Å². The molecular weight excluding hydrogens is 386 g/mol. The van der Waals surface area contributed by atoms with Crippen LogP contribution in [0, 0.1) is 5.41 Å². The van der Waals surface area contributed by atoms with Crippen LogP contribution >= 0.6 is 0 Å². The van der Waals surface area contributed by atoms with Crippen molar-refractivity contribution in [2.45, 2.75) is 65.4 Å². The van der Waals surface area contributed by atoms with Crippen LogP contribution in [-0.2, 0) is 17.6 Å². The van der Waals surface area contributed by atoms with Crippen molar-refractivity contribution in [2.75, 3.05) is 19.7 Å². The zero-order valence-electron chi connectivity index (χ0n) is 19.4. The monoisotopic (exact) mass is 421 g/mol. The van der Waals surface area contributed by atoms with Crippen LogP contribution in [0.2, 0.25) is 0 Å². The van der Waals surface area contributed by atoms with Crippen LogP contribution in [0.1, 0.15) is 58.1 Å². The van der Waals surface area contributed by atoms with E-state index in [4.69, 9.17) is 9.47 Å². The Bertz CT molecular complexity index is 918. The van der Waals surface area contributed by atoms with Gasteiger partial charge in [0, 0.05) is 25.9 Å². The van der Waals surface area contributed by atoms with Crippen molar-refractivity contribution in [1.29, 1.82) is 0 Å². The molecule has 0 saturated carbocycles. The summed E-state index contributed by atoms with van der Waals surface area (Å²) >= 11 is 0. The van der Waals surface area contributed by atoms with E-state index in [0.29, 0.717) is 19.7 Å². The smallest absolute Gasteiger partial charge is 0.409 e. The molecule has 2 aliphatic rings. The molecule has 1 saturated heterocycles. The van der Waals surface area contributed by atoms with E-state index < -0.39 is 0 Å². The Kier molecular flexibility index (Phi) is 6.00. The molecule has 2 aromatic carbocycles. The van der Waals surface area contributed by atoms with Gasteiger partial charge in [0.05, 0.1) is 6.61 Å². The Labute approximate surface area is 186 Å². The van der Waals surface area contributed by atoms with Gasteiger partial charge in [0.2, 0.25) is 0 Å². The van der Waals surface area contributed by atoms with Gasteiger partial charge in [0.15, 0.2) is 0 Å². The minimum atomic E-state index is -0.195. The van der Waals surface area contributed by atoms with Crippen LogP contribution in [0.25, 0.3) is 11.1 Å². The van der Waals surface area contributed by atoms with Crippen LogP contribution in [0.5, 0.6) is 5.75 Å². The molecule has 0 bridgehead atoms. The van der Waals surface area contributed by atoms with Crippen molar-refractivity contribution >= 4 is 6.09 Å². The van der Waals surface area contributed by atoms with Crippen molar-refractivity contribution < 1.29 is 14.3 Å². The molecule has 0 aliphatic carbocycles. The van der Waals surface area contributed by atoms with Gasteiger partial charge in [-0.05, 0) is 59.1 Å². The molecule has 4 heteroatoms. The molecular formula is C27H35NO3. The standard InChI is InChI=1S/C27H35NO3/c1-5-20-6-8-21(9-7-20)22-10-11-24-23(18-22)12-13-27(31-24)14-16-28(17-15-27)25(29)30-19-26(2,3)4/h6-11,18H,5,12-17,19H2,1-4H3. The summed E-state index contributed by atoms with van der Waals surface area (Å²) in [5.74, 6) is 1.00. The maximum Gasteiger partial charge on any atom is 0.409 e. The predicted octanol–water partition coefficient (Wildman–Crippen LogP) is 6.26. The lowest BCUT2D eigenvalue weighted by molar-refractivity contribution is -0.0171. The second-order valence-electron chi connectivity index (χ2n) is 10.3. The van der Waals surface area contributed by atoms with Gasteiger partial charge in [-0.15, -0.1) is 0 Å². The molecule has 166 valence electrons. The zero-order chi connectivity index (χ0) is 22.1. The number of fused-ring (bicyclic) bond motifs is 1. The van der Waals surface area contributed by atoms with Crippen molar-refractivity contribution in [3.63, 3.8) is 0 Å². The molecule has 1 amide bonds. The average molecular weight is 422 g/mol. The largest absolute Gasteiger partial charge is 0.487 e. The van der Waals surface area contributed by atoms with Crippen LogP contribution in [-0.4, -0.2) is 36.3 Å². The summed E-state index contributed by atoms with van der Waals surface area (Å²) in [5, 5.41) is 0. The van der Waals surface area contributed by atoms with Gasteiger partial charge in [-0.2, -0.15) is 0 Å². The van der Waals surface area contributed by atoms with Crippen LogP contribution in [0.3, 0.4) is 0 Å². The fourth-order valence-corrected chi connectivity index (χ4v) is 4.45. The van der Waals surface area contributed by atoms with Crippen molar-refractivity contribution in [3.05, 3.63) is 53.6 Å². The molecule has 0 N–H and O–H groups in total. The number of carbonyl (C=O) groups excluding carboxylic acids is 1. The summed E-state index contributed by atoms with van der Waals surface area (Å²) in [4.78, 5) is 14.2. The maximum absolute atomic E-state index is 12.4. The first kappa shape index (κ1) is 21.7. The number of likely N-dealkylation sites (tertiary alicyclic amines) is 1. The summed E-state index contributed by atoms with van der Waals surface area (Å²) in [6.07, 6.45) is 4.61. The van der Waals surface area contributed by atoms with E-state index >= 15 is 0 Å². The molecule has 4 nitrogen and oxygen atoms in total. The normalized spacial score (nSPS) is 17.7. The highest BCUT2D eigenvalue weighted by Crippen LogP contribution is 2.41. The van der Waals surface area contributed by atoms with Gasteiger partial charge < -0.3 is 14.4 Å². The molecule has 31 heavy (non-hydrogen) atoms. The Balaban J connectivity index is 1.38. The lowest BCUT2D eigenvalue weighted by atomic mass is 9.82. The molecule has 0 aromatic heterocycles. The van der Waals surface area contributed by atoms with Crippen LogP contribution in [0.4, 0.5) is 4.79 Å². The van der Waals surface area contributed by atoms with Crippen molar-refractivity contribution in [3.8, 4) is 16.9 Å². The first-order valence-corrected chi connectivity index (χ1v) is 11.6. The number of aryl methyl sites for hydroxylation is 2. The van der Waals surface area contributed by atoms with Crippen LogP contribution < -0.4 is 4.74 Å². The van der Waals surface area contributed by atoms with Gasteiger partial charge >= 0.3 is 6.09 Å². The number of amides is 1. The SMILES string of the molecule is CCc1ccc(-c2ccc3c(c2)CCC2(CCN(C(=O)OCC(C)(C)C)CC2)O3)cc1. The van der Waals surface area contributed by atoms with E-state index in [1.165, 1.54) is 22.3 Å². The van der Waals surface area contributed by atoms with E-state index in [9.17, 15) is 4.79 Å². The van der Waals surface area contributed by atoms with E-state index in [0.717, 1.165) is 37.9 Å². The molecule has 2 heterocycles. The Morgan fingerprint density at radius 3 is 2.35 bits per heavy atom. The number of ether oxygens (including phenoxy) is 2. The summed E-state index contributed by atoms with van der Waals surface area (Å²) in [7, 11) is 0. The van der Waals surface area contributed by atoms with Gasteiger partial charge in [0.1, 0.15) is 11.4 Å². The second-order valence-corrected chi connectivity index (χ2v) is 10.3. The van der Waals surface area contributed by atoms with E-state index in [-0.39, 0.29) is 17.1 Å². The first-order chi connectivity index (χ1) is 14.8. The molecule has 0 atom stereocenters. The number of hydrogen-bond acceptors (Lipinski definition) is 3. The van der Waals surface area contributed by atoms with Gasteiger partial charge in [-0.25, -0.2) is 4.79 Å². The predicted molar refractivity (Wildman–Crippen MR) is 125 cm³/mol. The molecule has 1 fully saturated rings. The second kappa shape index (κ2) is 8.57. The highest BCUT2D eigenvalue weighted by Gasteiger charge is 2.41. The summed E-state index contributed by atoms with van der Waals surface area (Å²) in [6.45, 7) is 10.2. The van der Waals surface area contributed by atoms with E-state index in [2.05, 4.69) is 70.2 Å². The minimum absolute atomic E-state index is 0.0141. The topological polar surface area (TPSA) is 38.8 Å². The lowest BCUT2D eigenvalue weighted by Gasteiger charge is -2.44. The third kappa shape index (κ3) is 5.06. The van der Waals surface area contributed by atoms with E-state index in [1.54, 1.807) is 0 Å². The molecule has 2 aliphatic heterocycles. The first-order valence-electron chi connectivity index (χ1n) is 11.6. The fourth-order valence-electron chi connectivity index (χ4n) is 4.45. The number of hydrogen-bond donors (Lipinski definition) is 0. The Morgan fingerprint density at radius 1 is 1.03 bits per heavy atom. The highest BCUT2D eigenvalue weighted by atomic mass is 16.6. The average Bonchev–Trinajstić information content (AvgIpc) is 2.77. The van der Waals surface area contributed by atoms with Crippen molar-refractivity contribution in [1.82, 2.24) is 4.90 Å². The molecule has 1 spiro atoms. The van der Waals surface area contributed by atoms with Gasteiger partial charge in [-0.1, -0.05) is 58.0 Å². The number of carbonyl (C=O) groups is 1. The van der Waals surface area contributed by atoms with Crippen LogP contribution in [0.15, 0.2) is 42.5 Å². The number of piperidine rings is 1. The molecule has 0 radical (unpaired) electrons.